The average Bonchev–Trinajstić information content (AvgIpc) is 2.14. The number of rotatable bonds is 6. The van der Waals surface area contributed by atoms with E-state index in [1.807, 2.05) is 6.26 Å². The highest BCUT2D eigenvalue weighted by Crippen LogP contribution is 1.90. The number of hydrogen-bond donors (Lipinski definition) is 2. The van der Waals surface area contributed by atoms with Crippen LogP contribution in [0.3, 0.4) is 0 Å². The number of nitrogens with one attached hydrogen (secondary N) is 1. The van der Waals surface area contributed by atoms with Crippen LogP contribution in [0, 0.1) is 0 Å². The van der Waals surface area contributed by atoms with Crippen molar-refractivity contribution in [1.29, 1.82) is 0 Å². The Balaban J connectivity index is 3.35. The number of carbonyl (C=O) groups is 2. The van der Waals surface area contributed by atoms with Crippen LogP contribution in [0.1, 0.15) is 0 Å². The molecule has 5 nitrogen and oxygen atoms in total. The van der Waals surface area contributed by atoms with Gasteiger partial charge in [-0.3, -0.25) is 9.59 Å². The monoisotopic (exact) mass is 206 g/mol. The van der Waals surface area contributed by atoms with Gasteiger partial charge in [-0.15, -0.1) is 0 Å². The fraction of sp³-hybridized carbons (Fsp3) is 0.714. The van der Waals surface area contributed by atoms with Crippen LogP contribution in [-0.2, 0) is 14.3 Å². The Morgan fingerprint density at radius 1 is 1.54 bits per heavy atom. The standard InChI is InChI=1S/C7H14N2O3S/c1-13-3-2-12-7(11)5-9-6(10)4-8/h2-5,8H2,1H3,(H,9,10). The molecule has 0 aromatic heterocycles. The number of hydrogen-bond acceptors (Lipinski definition) is 5. The molecule has 0 aliphatic heterocycles. The lowest BCUT2D eigenvalue weighted by Gasteiger charge is -2.04. The molecule has 0 aliphatic carbocycles. The summed E-state index contributed by atoms with van der Waals surface area (Å²) < 4.78 is 4.76. The second-order valence-electron chi connectivity index (χ2n) is 2.19. The molecular formula is C7H14N2O3S. The molecule has 0 spiro atoms. The van der Waals surface area contributed by atoms with Crippen molar-refractivity contribution < 1.29 is 14.3 Å². The summed E-state index contributed by atoms with van der Waals surface area (Å²) in [4.78, 5) is 21.4. The molecule has 0 saturated carbocycles. The van der Waals surface area contributed by atoms with E-state index in [1.54, 1.807) is 11.8 Å². The molecule has 0 aliphatic rings. The first-order chi connectivity index (χ1) is 6.20. The van der Waals surface area contributed by atoms with Crippen molar-refractivity contribution in [3.63, 3.8) is 0 Å². The van der Waals surface area contributed by atoms with Gasteiger partial charge in [0, 0.05) is 5.75 Å². The van der Waals surface area contributed by atoms with E-state index in [0.29, 0.717) is 6.61 Å². The van der Waals surface area contributed by atoms with Crippen LogP contribution in [0.25, 0.3) is 0 Å². The zero-order valence-corrected chi connectivity index (χ0v) is 8.36. The molecule has 0 heterocycles. The Morgan fingerprint density at radius 3 is 2.77 bits per heavy atom. The molecule has 0 aromatic carbocycles. The number of esters is 1. The highest BCUT2D eigenvalue weighted by molar-refractivity contribution is 7.98. The van der Waals surface area contributed by atoms with Gasteiger partial charge in [0.05, 0.1) is 6.54 Å². The molecule has 6 heteroatoms. The zero-order chi connectivity index (χ0) is 10.1. The van der Waals surface area contributed by atoms with Crippen LogP contribution < -0.4 is 11.1 Å². The average molecular weight is 206 g/mol. The van der Waals surface area contributed by atoms with E-state index in [4.69, 9.17) is 10.5 Å². The zero-order valence-electron chi connectivity index (χ0n) is 7.54. The highest BCUT2D eigenvalue weighted by Gasteiger charge is 2.03. The van der Waals surface area contributed by atoms with Crippen molar-refractivity contribution in [2.75, 3.05) is 31.7 Å². The minimum atomic E-state index is -0.434. The molecule has 0 aromatic rings. The highest BCUT2D eigenvalue weighted by atomic mass is 32.2. The van der Waals surface area contributed by atoms with E-state index in [9.17, 15) is 9.59 Å². The minimum Gasteiger partial charge on any atom is -0.463 e. The molecule has 0 rings (SSSR count). The van der Waals surface area contributed by atoms with Gasteiger partial charge in [-0.05, 0) is 6.26 Å². The van der Waals surface area contributed by atoms with Crippen LogP contribution in [0.5, 0.6) is 0 Å². The number of nitrogens with two attached hydrogens (primary N) is 1. The van der Waals surface area contributed by atoms with Crippen molar-refractivity contribution >= 4 is 23.6 Å². The van der Waals surface area contributed by atoms with Crippen molar-refractivity contribution in [3.05, 3.63) is 0 Å². The lowest BCUT2D eigenvalue weighted by atomic mass is 10.5. The van der Waals surface area contributed by atoms with Gasteiger partial charge >= 0.3 is 5.97 Å². The van der Waals surface area contributed by atoms with Crippen LogP contribution in [0.15, 0.2) is 0 Å². The van der Waals surface area contributed by atoms with Gasteiger partial charge in [-0.25, -0.2) is 0 Å². The summed E-state index contributed by atoms with van der Waals surface area (Å²) in [6, 6.07) is 0. The van der Waals surface area contributed by atoms with E-state index in [-0.39, 0.29) is 19.0 Å². The largest absolute Gasteiger partial charge is 0.463 e. The smallest absolute Gasteiger partial charge is 0.325 e. The van der Waals surface area contributed by atoms with Crippen LogP contribution in [0.4, 0.5) is 0 Å². The Labute approximate surface area is 81.4 Å². The first-order valence-corrected chi connectivity index (χ1v) is 5.21. The van der Waals surface area contributed by atoms with E-state index in [2.05, 4.69) is 5.32 Å². The molecule has 76 valence electrons. The first-order valence-electron chi connectivity index (χ1n) is 3.82. The summed E-state index contributed by atoms with van der Waals surface area (Å²) in [5.41, 5.74) is 5.01. The van der Waals surface area contributed by atoms with E-state index < -0.39 is 5.97 Å². The van der Waals surface area contributed by atoms with E-state index in [0.717, 1.165) is 5.75 Å². The summed E-state index contributed by atoms with van der Waals surface area (Å²) in [5, 5.41) is 2.31. The second-order valence-corrected chi connectivity index (χ2v) is 3.18. The van der Waals surface area contributed by atoms with Crippen LogP contribution in [0.2, 0.25) is 0 Å². The molecule has 1 amide bonds. The predicted octanol–water partition coefficient (Wildman–Crippen LogP) is -1.03. The Kier molecular flexibility index (Phi) is 7.42. The molecule has 0 atom stereocenters. The summed E-state index contributed by atoms with van der Waals surface area (Å²) in [7, 11) is 0. The molecule has 0 fully saturated rings. The SMILES string of the molecule is CSCCOC(=O)CNC(=O)CN. The van der Waals surface area contributed by atoms with Crippen LogP contribution >= 0.6 is 11.8 Å². The van der Waals surface area contributed by atoms with Crippen molar-refractivity contribution in [3.8, 4) is 0 Å². The van der Waals surface area contributed by atoms with E-state index in [1.165, 1.54) is 0 Å². The van der Waals surface area contributed by atoms with Gasteiger partial charge in [-0.1, -0.05) is 0 Å². The fourth-order valence-electron chi connectivity index (χ4n) is 0.533. The predicted molar refractivity (Wildman–Crippen MR) is 51.4 cm³/mol. The maximum absolute atomic E-state index is 10.9. The van der Waals surface area contributed by atoms with Gasteiger partial charge in [0.2, 0.25) is 5.91 Å². The summed E-state index contributed by atoms with van der Waals surface area (Å²) in [5.74, 6) is -0.0333. The number of ether oxygens (including phenoxy) is 1. The van der Waals surface area contributed by atoms with Gasteiger partial charge in [0.15, 0.2) is 0 Å². The molecular weight excluding hydrogens is 192 g/mol. The van der Waals surface area contributed by atoms with Crippen molar-refractivity contribution in [2.24, 2.45) is 5.73 Å². The third-order valence-electron chi connectivity index (χ3n) is 1.17. The fourth-order valence-corrected chi connectivity index (χ4v) is 0.783. The molecule has 0 radical (unpaired) electrons. The topological polar surface area (TPSA) is 81.4 Å². The summed E-state index contributed by atoms with van der Waals surface area (Å²) in [6.45, 7) is 0.154. The quantitative estimate of drug-likeness (QED) is 0.429. The first kappa shape index (κ1) is 12.2. The Hall–Kier alpha value is -0.750. The van der Waals surface area contributed by atoms with Gasteiger partial charge in [0.25, 0.3) is 0 Å². The lowest BCUT2D eigenvalue weighted by Crippen LogP contribution is -2.35. The summed E-state index contributed by atoms with van der Waals surface area (Å²) in [6.07, 6.45) is 1.92. The van der Waals surface area contributed by atoms with E-state index >= 15 is 0 Å². The molecule has 0 bridgehead atoms. The maximum atomic E-state index is 10.9. The number of amides is 1. The Morgan fingerprint density at radius 2 is 2.23 bits per heavy atom. The second kappa shape index (κ2) is 7.88. The maximum Gasteiger partial charge on any atom is 0.325 e. The van der Waals surface area contributed by atoms with Crippen molar-refractivity contribution in [1.82, 2.24) is 5.32 Å². The Bertz CT molecular complexity index is 175. The lowest BCUT2D eigenvalue weighted by molar-refractivity contribution is -0.143. The van der Waals surface area contributed by atoms with Gasteiger partial charge < -0.3 is 15.8 Å². The summed E-state index contributed by atoms with van der Waals surface area (Å²) >= 11 is 1.59. The molecule has 0 unspecified atom stereocenters. The molecule has 3 N–H and O–H groups in total. The van der Waals surface area contributed by atoms with Gasteiger partial charge in [-0.2, -0.15) is 11.8 Å². The van der Waals surface area contributed by atoms with Gasteiger partial charge in [0.1, 0.15) is 13.2 Å². The third kappa shape index (κ3) is 7.61. The molecule has 0 saturated heterocycles. The van der Waals surface area contributed by atoms with Crippen molar-refractivity contribution in [2.45, 2.75) is 0 Å². The minimum absolute atomic E-state index is 0.107. The normalized spacial score (nSPS) is 9.38. The third-order valence-corrected chi connectivity index (χ3v) is 1.74. The van der Waals surface area contributed by atoms with Crippen LogP contribution in [-0.4, -0.2) is 43.6 Å². The number of thioether (sulfide) groups is 1. The number of carbonyl (C=O) groups excluding carboxylic acids is 2. The molecule has 13 heavy (non-hydrogen) atoms.